The van der Waals surface area contributed by atoms with Crippen LogP contribution in [0.15, 0.2) is 60.7 Å². The fraction of sp³-hybridized carbons (Fsp3) is 0.296. The molecule has 0 aliphatic carbocycles. The second kappa shape index (κ2) is 10.3. The van der Waals surface area contributed by atoms with Crippen molar-refractivity contribution in [1.82, 2.24) is 0 Å². The average molecular weight is 449 g/mol. The summed E-state index contributed by atoms with van der Waals surface area (Å²) in [7, 11) is 0. The highest BCUT2D eigenvalue weighted by Crippen LogP contribution is 2.36. The van der Waals surface area contributed by atoms with Crippen LogP contribution in [0.1, 0.15) is 59.6 Å². The van der Waals surface area contributed by atoms with Crippen molar-refractivity contribution in [1.29, 1.82) is 0 Å². The smallest absolute Gasteiger partial charge is 0.353 e. The van der Waals surface area contributed by atoms with Crippen molar-refractivity contribution in [3.05, 3.63) is 76.0 Å². The van der Waals surface area contributed by atoms with Crippen molar-refractivity contribution in [3.8, 4) is 16.9 Å². The monoisotopic (exact) mass is 448 g/mol. The first-order chi connectivity index (χ1) is 15.2. The van der Waals surface area contributed by atoms with Crippen LogP contribution in [-0.2, 0) is 12.8 Å². The molecular weight excluding hydrogens is 420 g/mol. The maximum atomic E-state index is 12.9. The molecule has 4 aromatic rings. The van der Waals surface area contributed by atoms with Crippen LogP contribution in [0.3, 0.4) is 0 Å². The van der Waals surface area contributed by atoms with Gasteiger partial charge < -0.3 is 4.74 Å². The Balaban J connectivity index is 1.50. The van der Waals surface area contributed by atoms with Gasteiger partial charge in [-0.25, -0.2) is 4.79 Å². The zero-order chi connectivity index (χ0) is 21.6. The molecule has 0 spiro atoms. The summed E-state index contributed by atoms with van der Waals surface area (Å²) in [5, 5.41) is 1.16. The van der Waals surface area contributed by atoms with Gasteiger partial charge in [0.05, 0.1) is 4.01 Å². The summed E-state index contributed by atoms with van der Waals surface area (Å²) in [4.78, 5) is 15.0. The van der Waals surface area contributed by atoms with Crippen molar-refractivity contribution in [2.75, 3.05) is 0 Å². The Labute approximate surface area is 192 Å². The van der Waals surface area contributed by atoms with Gasteiger partial charge in [0, 0.05) is 15.8 Å². The first kappa shape index (κ1) is 21.8. The molecule has 2 nitrogen and oxygen atoms in total. The van der Waals surface area contributed by atoms with Gasteiger partial charge in [0.25, 0.3) is 0 Å². The van der Waals surface area contributed by atoms with Crippen LogP contribution >= 0.6 is 22.7 Å². The minimum absolute atomic E-state index is 0.281. The lowest BCUT2D eigenvalue weighted by atomic mass is 10.0. The molecule has 0 amide bonds. The first-order valence-electron chi connectivity index (χ1n) is 11.1. The van der Waals surface area contributed by atoms with Crippen molar-refractivity contribution < 1.29 is 9.53 Å². The third-order valence-electron chi connectivity index (χ3n) is 5.39. The molecule has 4 heteroatoms. The molecule has 0 aliphatic heterocycles. The quantitative estimate of drug-likeness (QED) is 0.146. The highest BCUT2D eigenvalue weighted by atomic mass is 32.2. The fourth-order valence-electron chi connectivity index (χ4n) is 3.75. The lowest BCUT2D eigenvalue weighted by Gasteiger charge is -2.10. The molecule has 0 bridgehead atoms. The molecule has 0 N–H and O–H groups in total. The number of hydrogen-bond acceptors (Lipinski definition) is 4. The Kier molecular flexibility index (Phi) is 7.21. The number of benzene rings is 2. The molecule has 4 rings (SSSR count). The molecule has 2 heterocycles. The second-order valence-corrected chi connectivity index (χ2v) is 10.3. The summed E-state index contributed by atoms with van der Waals surface area (Å²) in [6.07, 6.45) is 7.07. The van der Waals surface area contributed by atoms with Gasteiger partial charge in [0.2, 0.25) is 0 Å². The minimum atomic E-state index is -0.281. The van der Waals surface area contributed by atoms with Crippen LogP contribution in [0.4, 0.5) is 0 Å². The summed E-state index contributed by atoms with van der Waals surface area (Å²) in [5.74, 6) is 0.323. The van der Waals surface area contributed by atoms with E-state index in [1.807, 2.05) is 41.7 Å². The van der Waals surface area contributed by atoms with Gasteiger partial charge in [0.15, 0.2) is 0 Å². The van der Waals surface area contributed by atoms with E-state index in [0.29, 0.717) is 10.6 Å². The molecule has 0 aliphatic rings. The fourth-order valence-corrected chi connectivity index (χ4v) is 6.16. The number of aryl methyl sites for hydroxylation is 2. The molecule has 0 radical (unpaired) electrons. The molecule has 0 unspecified atom stereocenters. The summed E-state index contributed by atoms with van der Waals surface area (Å²) in [6, 6.07) is 20.5. The van der Waals surface area contributed by atoms with Crippen LogP contribution < -0.4 is 4.74 Å². The Morgan fingerprint density at radius 2 is 1.68 bits per heavy atom. The Bertz CT molecular complexity index is 1120. The zero-order valence-corrected chi connectivity index (χ0v) is 19.8. The number of esters is 1. The molecule has 0 saturated carbocycles. The van der Waals surface area contributed by atoms with E-state index in [2.05, 4.69) is 44.2 Å². The minimum Gasteiger partial charge on any atom is -0.422 e. The van der Waals surface area contributed by atoms with E-state index in [0.717, 1.165) is 35.8 Å². The average Bonchev–Trinajstić information content (AvgIpc) is 3.34. The Hall–Kier alpha value is -2.43. The van der Waals surface area contributed by atoms with Crippen LogP contribution in [0.2, 0.25) is 0 Å². The maximum Gasteiger partial charge on any atom is 0.353 e. The van der Waals surface area contributed by atoms with Crippen LogP contribution in [0, 0.1) is 0 Å². The highest BCUT2D eigenvalue weighted by Gasteiger charge is 2.17. The number of carbonyl (C=O) groups excluding carboxylic acids is 1. The molecule has 0 atom stereocenters. The maximum absolute atomic E-state index is 12.9. The number of rotatable bonds is 9. The zero-order valence-electron chi connectivity index (χ0n) is 18.1. The summed E-state index contributed by atoms with van der Waals surface area (Å²) in [6.45, 7) is 4.41. The Morgan fingerprint density at radius 3 is 2.42 bits per heavy atom. The normalized spacial score (nSPS) is 11.2. The predicted octanol–water partition coefficient (Wildman–Crippen LogP) is 8.53. The van der Waals surface area contributed by atoms with E-state index in [1.54, 1.807) is 0 Å². The summed E-state index contributed by atoms with van der Waals surface area (Å²) in [5.41, 5.74) is 3.33. The third-order valence-corrected chi connectivity index (χ3v) is 7.82. The summed E-state index contributed by atoms with van der Waals surface area (Å²) < 4.78 is 7.06. The molecular formula is C27H28O2S2. The number of fused-ring (bicyclic) bond motifs is 1. The topological polar surface area (TPSA) is 26.3 Å². The van der Waals surface area contributed by atoms with Crippen molar-refractivity contribution in [2.24, 2.45) is 0 Å². The number of ether oxygens (including phenoxy) is 1. The molecule has 2 aromatic heterocycles. The Morgan fingerprint density at radius 1 is 0.871 bits per heavy atom. The van der Waals surface area contributed by atoms with Crippen LogP contribution in [-0.4, -0.2) is 5.97 Å². The van der Waals surface area contributed by atoms with E-state index < -0.39 is 0 Å². The van der Waals surface area contributed by atoms with Gasteiger partial charge >= 0.3 is 5.97 Å². The van der Waals surface area contributed by atoms with Crippen molar-refractivity contribution in [3.63, 3.8) is 0 Å². The highest BCUT2D eigenvalue weighted by molar-refractivity contribution is 7.39. The number of thiophene rings is 2. The lowest BCUT2D eigenvalue weighted by Crippen LogP contribution is -2.07. The third kappa shape index (κ3) is 5.25. The van der Waals surface area contributed by atoms with Crippen LogP contribution in [0.5, 0.6) is 5.75 Å². The molecule has 31 heavy (non-hydrogen) atoms. The standard InChI is InChI=1S/C27H28O2S2/c1-3-5-6-10-22-17-21-18-25(31-27(21)30-22)26(28)29-24-12-8-7-11-23(24)20-15-13-19(9-4-2)14-16-20/h7-8,11-18H,3-6,9-10H2,1-2H3. The second-order valence-electron chi connectivity index (χ2n) is 7.86. The number of hydrogen-bond donors (Lipinski definition) is 0. The van der Waals surface area contributed by atoms with Gasteiger partial charge in [-0.1, -0.05) is 75.6 Å². The van der Waals surface area contributed by atoms with E-state index in [4.69, 9.17) is 4.74 Å². The van der Waals surface area contributed by atoms with Gasteiger partial charge in [-0.3, -0.25) is 0 Å². The van der Waals surface area contributed by atoms with E-state index >= 15 is 0 Å². The molecule has 160 valence electrons. The number of carbonyl (C=O) groups is 1. The van der Waals surface area contributed by atoms with Crippen molar-refractivity contribution in [2.45, 2.75) is 52.4 Å². The van der Waals surface area contributed by atoms with E-state index in [-0.39, 0.29) is 5.97 Å². The van der Waals surface area contributed by atoms with E-state index in [1.165, 1.54) is 45.1 Å². The van der Waals surface area contributed by atoms with Crippen molar-refractivity contribution >= 4 is 38.0 Å². The molecule has 0 fully saturated rings. The number of para-hydroxylation sites is 1. The van der Waals surface area contributed by atoms with Crippen LogP contribution in [0.25, 0.3) is 20.5 Å². The number of unbranched alkanes of at least 4 members (excludes halogenated alkanes) is 2. The molecule has 0 saturated heterocycles. The van der Waals surface area contributed by atoms with Gasteiger partial charge in [-0.05, 0) is 48.6 Å². The van der Waals surface area contributed by atoms with Gasteiger partial charge in [-0.15, -0.1) is 22.7 Å². The first-order valence-corrected chi connectivity index (χ1v) is 12.7. The molecule has 2 aromatic carbocycles. The SMILES string of the molecule is CCCCCc1cc2cc(C(=O)Oc3ccccc3-c3ccc(CCC)cc3)sc2s1. The lowest BCUT2D eigenvalue weighted by molar-refractivity contribution is 0.0741. The van der Waals surface area contributed by atoms with E-state index in [9.17, 15) is 4.79 Å². The summed E-state index contributed by atoms with van der Waals surface area (Å²) >= 11 is 3.35. The van der Waals surface area contributed by atoms with Gasteiger partial charge in [0.1, 0.15) is 10.6 Å². The predicted molar refractivity (Wildman–Crippen MR) is 134 cm³/mol. The van der Waals surface area contributed by atoms with Gasteiger partial charge in [-0.2, -0.15) is 0 Å². The largest absolute Gasteiger partial charge is 0.422 e.